The molecule has 2 aromatic rings. The number of nitrogens with zero attached hydrogens (tertiary/aromatic N) is 1. The fraction of sp³-hybridized carbons (Fsp3) is 0.167. The summed E-state index contributed by atoms with van der Waals surface area (Å²) in [6.07, 6.45) is 0. The Kier molecular flexibility index (Phi) is 4.46. The van der Waals surface area contributed by atoms with Crippen molar-refractivity contribution < 1.29 is 18.4 Å². The third-order valence-corrected chi connectivity index (χ3v) is 3.42. The number of nitro groups is 1. The highest BCUT2D eigenvalue weighted by Gasteiger charge is 2.11. The third kappa shape index (κ3) is 3.64. The molecule has 0 unspecified atom stereocenters. The van der Waals surface area contributed by atoms with Crippen molar-refractivity contribution in [3.05, 3.63) is 51.4 Å². The van der Waals surface area contributed by atoms with Crippen LogP contribution in [0.4, 0.5) is 19.5 Å². The van der Waals surface area contributed by atoms with E-state index in [1.54, 1.807) is 24.3 Å². The van der Waals surface area contributed by atoms with Gasteiger partial charge in [-0.2, -0.15) is 8.78 Å². The normalized spacial score (nSPS) is 10.6. The molecule has 0 aliphatic carbocycles. The van der Waals surface area contributed by atoms with Crippen LogP contribution in [0.1, 0.15) is 4.88 Å². The van der Waals surface area contributed by atoms with E-state index in [1.807, 2.05) is 0 Å². The number of halogens is 2. The minimum atomic E-state index is -2.90. The van der Waals surface area contributed by atoms with Crippen molar-refractivity contribution >= 4 is 22.0 Å². The molecule has 0 radical (unpaired) electrons. The molecule has 0 amide bonds. The van der Waals surface area contributed by atoms with E-state index in [1.165, 1.54) is 12.1 Å². The highest BCUT2D eigenvalue weighted by molar-refractivity contribution is 7.15. The minimum absolute atomic E-state index is 0.0357. The molecule has 2 rings (SSSR count). The fourth-order valence-electron chi connectivity index (χ4n) is 1.55. The second kappa shape index (κ2) is 6.29. The van der Waals surface area contributed by atoms with Crippen molar-refractivity contribution in [1.82, 2.24) is 0 Å². The van der Waals surface area contributed by atoms with E-state index in [-0.39, 0.29) is 10.8 Å². The highest BCUT2D eigenvalue weighted by Crippen LogP contribution is 2.28. The second-order valence-electron chi connectivity index (χ2n) is 3.73. The van der Waals surface area contributed by atoms with Gasteiger partial charge in [-0.25, -0.2) is 0 Å². The number of para-hydroxylation sites is 2. The van der Waals surface area contributed by atoms with Gasteiger partial charge in [0.2, 0.25) is 0 Å². The van der Waals surface area contributed by atoms with Gasteiger partial charge in [0.1, 0.15) is 5.75 Å². The molecule has 0 aliphatic rings. The molecule has 0 spiro atoms. The van der Waals surface area contributed by atoms with Crippen LogP contribution in [0.2, 0.25) is 0 Å². The third-order valence-electron chi connectivity index (χ3n) is 2.38. The van der Waals surface area contributed by atoms with Gasteiger partial charge in [0.25, 0.3) is 0 Å². The van der Waals surface area contributed by atoms with Gasteiger partial charge in [-0.05, 0) is 18.2 Å². The maximum absolute atomic E-state index is 12.2. The van der Waals surface area contributed by atoms with Gasteiger partial charge in [0.15, 0.2) is 0 Å². The molecule has 0 bridgehead atoms. The van der Waals surface area contributed by atoms with E-state index < -0.39 is 11.5 Å². The van der Waals surface area contributed by atoms with Crippen molar-refractivity contribution in [2.24, 2.45) is 0 Å². The first-order valence-corrected chi connectivity index (χ1v) is 6.38. The van der Waals surface area contributed by atoms with Crippen LogP contribution in [-0.2, 0) is 6.54 Å². The van der Waals surface area contributed by atoms with Gasteiger partial charge in [-0.1, -0.05) is 23.5 Å². The Hall–Kier alpha value is -2.22. The number of alkyl halides is 2. The summed E-state index contributed by atoms with van der Waals surface area (Å²) in [5.74, 6) is 0.0357. The Labute approximate surface area is 117 Å². The zero-order valence-corrected chi connectivity index (χ0v) is 10.9. The van der Waals surface area contributed by atoms with E-state index in [4.69, 9.17) is 0 Å². The van der Waals surface area contributed by atoms with Crippen molar-refractivity contribution in [3.8, 4) is 5.75 Å². The molecular weight excluding hydrogens is 290 g/mol. The van der Waals surface area contributed by atoms with Gasteiger partial charge in [0, 0.05) is 17.5 Å². The number of anilines is 1. The molecule has 5 nitrogen and oxygen atoms in total. The molecule has 20 heavy (non-hydrogen) atoms. The molecule has 0 saturated carbocycles. The molecule has 0 fully saturated rings. The first-order valence-electron chi connectivity index (χ1n) is 5.57. The molecule has 106 valence electrons. The Morgan fingerprint density at radius 2 is 2.05 bits per heavy atom. The molecule has 1 aromatic heterocycles. The topological polar surface area (TPSA) is 64.4 Å². The smallest absolute Gasteiger partial charge is 0.387 e. The summed E-state index contributed by atoms with van der Waals surface area (Å²) in [5, 5.41) is 13.5. The number of benzene rings is 1. The number of rotatable bonds is 6. The molecule has 0 aliphatic heterocycles. The minimum Gasteiger partial charge on any atom is -0.433 e. The standard InChI is InChI=1S/C12H10F2N2O3S/c13-12(14)19-10-4-2-1-3-9(10)15-7-8-5-6-11(20-8)16(17)18/h1-6,12,15H,7H2. The Bertz CT molecular complexity index is 604. The highest BCUT2D eigenvalue weighted by atomic mass is 32.1. The van der Waals surface area contributed by atoms with Crippen LogP contribution in [0.25, 0.3) is 0 Å². The maximum Gasteiger partial charge on any atom is 0.387 e. The van der Waals surface area contributed by atoms with Crippen LogP contribution in [0.3, 0.4) is 0 Å². The summed E-state index contributed by atoms with van der Waals surface area (Å²) in [6, 6.07) is 9.30. The van der Waals surface area contributed by atoms with Gasteiger partial charge in [-0.3, -0.25) is 10.1 Å². The molecule has 0 atom stereocenters. The summed E-state index contributed by atoms with van der Waals surface area (Å²) in [5.41, 5.74) is 0.406. The quantitative estimate of drug-likeness (QED) is 0.649. The maximum atomic E-state index is 12.2. The van der Waals surface area contributed by atoms with Gasteiger partial charge < -0.3 is 10.1 Å². The van der Waals surface area contributed by atoms with Crippen molar-refractivity contribution in [2.45, 2.75) is 13.2 Å². The lowest BCUT2D eigenvalue weighted by Gasteiger charge is -2.11. The van der Waals surface area contributed by atoms with E-state index in [2.05, 4.69) is 10.1 Å². The van der Waals surface area contributed by atoms with Gasteiger partial charge in [0.05, 0.1) is 10.6 Å². The summed E-state index contributed by atoms with van der Waals surface area (Å²) >= 11 is 1.03. The molecule has 1 N–H and O–H groups in total. The predicted molar refractivity (Wildman–Crippen MR) is 71.4 cm³/mol. The molecule has 1 heterocycles. The van der Waals surface area contributed by atoms with Crippen LogP contribution in [0.15, 0.2) is 36.4 Å². The summed E-state index contributed by atoms with van der Waals surface area (Å²) < 4.78 is 28.8. The van der Waals surface area contributed by atoms with Crippen LogP contribution >= 0.6 is 11.3 Å². The molecule has 8 heteroatoms. The zero-order chi connectivity index (χ0) is 14.5. The van der Waals surface area contributed by atoms with Crippen molar-refractivity contribution in [2.75, 3.05) is 5.32 Å². The van der Waals surface area contributed by atoms with Gasteiger partial charge in [-0.15, -0.1) is 0 Å². The first-order chi connectivity index (χ1) is 9.56. The SMILES string of the molecule is O=[N+]([O-])c1ccc(CNc2ccccc2OC(F)F)s1. The monoisotopic (exact) mass is 300 g/mol. The van der Waals surface area contributed by atoms with Crippen LogP contribution in [0.5, 0.6) is 5.75 Å². The summed E-state index contributed by atoms with van der Waals surface area (Å²) in [6.45, 7) is -2.61. The van der Waals surface area contributed by atoms with E-state index >= 15 is 0 Å². The van der Waals surface area contributed by atoms with Crippen LogP contribution in [0, 0.1) is 10.1 Å². The van der Waals surface area contributed by atoms with Crippen molar-refractivity contribution in [1.29, 1.82) is 0 Å². The van der Waals surface area contributed by atoms with Crippen molar-refractivity contribution in [3.63, 3.8) is 0 Å². The fourth-order valence-corrected chi connectivity index (χ4v) is 2.31. The average molecular weight is 300 g/mol. The number of nitrogens with one attached hydrogen (secondary N) is 1. The average Bonchev–Trinajstić information content (AvgIpc) is 2.86. The Morgan fingerprint density at radius 3 is 2.70 bits per heavy atom. The number of ether oxygens (including phenoxy) is 1. The predicted octanol–water partition coefficient (Wildman–Crippen LogP) is 3.87. The molecular formula is C12H10F2N2O3S. The van der Waals surface area contributed by atoms with E-state index in [0.717, 1.165) is 16.2 Å². The Balaban J connectivity index is 2.04. The molecule has 1 aromatic carbocycles. The van der Waals surface area contributed by atoms with Gasteiger partial charge >= 0.3 is 11.6 Å². The first kappa shape index (κ1) is 14.2. The zero-order valence-electron chi connectivity index (χ0n) is 10.1. The molecule has 0 saturated heterocycles. The van der Waals surface area contributed by atoms with Crippen LogP contribution < -0.4 is 10.1 Å². The lowest BCUT2D eigenvalue weighted by atomic mass is 10.3. The lowest BCUT2D eigenvalue weighted by molar-refractivity contribution is -0.380. The second-order valence-corrected chi connectivity index (χ2v) is 4.87. The van der Waals surface area contributed by atoms with E-state index in [9.17, 15) is 18.9 Å². The number of thiophene rings is 1. The number of hydrogen-bond donors (Lipinski definition) is 1. The van der Waals surface area contributed by atoms with Crippen LogP contribution in [-0.4, -0.2) is 11.5 Å². The lowest BCUT2D eigenvalue weighted by Crippen LogP contribution is -2.06. The van der Waals surface area contributed by atoms with E-state index in [0.29, 0.717) is 12.2 Å². The summed E-state index contributed by atoms with van der Waals surface area (Å²) in [4.78, 5) is 10.8. The summed E-state index contributed by atoms with van der Waals surface area (Å²) in [7, 11) is 0. The Morgan fingerprint density at radius 1 is 1.30 bits per heavy atom. The largest absolute Gasteiger partial charge is 0.433 e. The number of hydrogen-bond acceptors (Lipinski definition) is 5.